The highest BCUT2D eigenvalue weighted by Crippen LogP contribution is 2.30. The van der Waals surface area contributed by atoms with Crippen LogP contribution in [0, 0.1) is 10.1 Å². The zero-order chi connectivity index (χ0) is 19.1. The van der Waals surface area contributed by atoms with Crippen LogP contribution in [0.4, 0.5) is 11.0 Å². The van der Waals surface area contributed by atoms with Gasteiger partial charge in [0.25, 0.3) is 5.91 Å². The van der Waals surface area contributed by atoms with E-state index in [9.17, 15) is 23.3 Å². The van der Waals surface area contributed by atoms with E-state index in [1.807, 2.05) is 0 Å². The Labute approximate surface area is 153 Å². The second-order valence-corrected chi connectivity index (χ2v) is 9.49. The molecule has 1 aliphatic heterocycles. The van der Waals surface area contributed by atoms with Crippen LogP contribution in [-0.4, -0.2) is 40.3 Å². The second-order valence-electron chi connectivity index (χ2n) is 5.92. The van der Waals surface area contributed by atoms with Gasteiger partial charge in [0.15, 0.2) is 10.9 Å². The number of hydrogen-bond donors (Lipinski definition) is 1. The van der Waals surface area contributed by atoms with Crippen molar-refractivity contribution in [1.82, 2.24) is 9.29 Å². The summed E-state index contributed by atoms with van der Waals surface area (Å²) in [5.74, 6) is -1.38. The third kappa shape index (κ3) is 3.48. The molecule has 1 amide bonds. The molecule has 0 bridgehead atoms. The molecule has 1 aliphatic rings. The molecule has 0 atom stereocenters. The molecule has 0 saturated heterocycles. The number of carbonyl (C=O) groups excluding carboxylic acids is 1. The molecule has 0 radical (unpaired) electrons. The molecule has 0 aromatic carbocycles. The summed E-state index contributed by atoms with van der Waals surface area (Å²) in [5.41, 5.74) is 0.742. The molecule has 140 valence electrons. The number of sulfonamides is 1. The van der Waals surface area contributed by atoms with Crippen LogP contribution in [0.25, 0.3) is 0 Å². The third-order valence-corrected chi connectivity index (χ3v) is 7.09. The number of amides is 1. The Bertz CT molecular complexity index is 962. The van der Waals surface area contributed by atoms with Crippen molar-refractivity contribution in [1.29, 1.82) is 0 Å². The Morgan fingerprint density at radius 3 is 2.81 bits per heavy atom. The number of carbonyl (C=O) groups is 1. The highest BCUT2D eigenvalue weighted by atomic mass is 32.2. The van der Waals surface area contributed by atoms with Crippen LogP contribution in [0.15, 0.2) is 16.5 Å². The van der Waals surface area contributed by atoms with Gasteiger partial charge < -0.3 is 4.42 Å². The van der Waals surface area contributed by atoms with Gasteiger partial charge in [-0.3, -0.25) is 20.2 Å². The minimum absolute atomic E-state index is 0.200. The third-order valence-electron chi connectivity index (χ3n) is 3.87. The van der Waals surface area contributed by atoms with Gasteiger partial charge in [0.1, 0.15) is 4.92 Å². The lowest BCUT2D eigenvalue weighted by molar-refractivity contribution is -0.402. The van der Waals surface area contributed by atoms with Crippen LogP contribution in [0.5, 0.6) is 0 Å². The first-order valence-corrected chi connectivity index (χ1v) is 10.0. The van der Waals surface area contributed by atoms with E-state index in [1.165, 1.54) is 21.7 Å². The molecular formula is C14H16N4O6S2. The number of nitrogens with one attached hydrogen (secondary N) is 1. The first-order valence-electron chi connectivity index (χ1n) is 7.71. The highest BCUT2D eigenvalue weighted by Gasteiger charge is 2.31. The fraction of sp³-hybridized carbons (Fsp3) is 0.429. The number of aromatic nitrogens is 1. The van der Waals surface area contributed by atoms with Crippen molar-refractivity contribution in [3.8, 4) is 0 Å². The van der Waals surface area contributed by atoms with Crippen molar-refractivity contribution >= 4 is 38.3 Å². The summed E-state index contributed by atoms with van der Waals surface area (Å²) in [4.78, 5) is 27.1. The van der Waals surface area contributed by atoms with Crippen LogP contribution in [0.3, 0.4) is 0 Å². The molecule has 0 fully saturated rings. The number of hydrogen-bond acceptors (Lipinski definition) is 8. The summed E-state index contributed by atoms with van der Waals surface area (Å²) >= 11 is 1.18. The van der Waals surface area contributed by atoms with Crippen molar-refractivity contribution in [2.24, 2.45) is 0 Å². The predicted octanol–water partition coefficient (Wildman–Crippen LogP) is 1.99. The van der Waals surface area contributed by atoms with Crippen molar-refractivity contribution in [2.75, 3.05) is 11.9 Å². The first-order chi connectivity index (χ1) is 12.2. The maximum absolute atomic E-state index is 12.3. The molecule has 0 saturated carbocycles. The zero-order valence-corrected chi connectivity index (χ0v) is 15.6. The van der Waals surface area contributed by atoms with Gasteiger partial charge in [-0.1, -0.05) is 0 Å². The number of rotatable bonds is 5. The molecule has 2 aromatic heterocycles. The Hall–Kier alpha value is -2.31. The molecular weight excluding hydrogens is 384 g/mol. The lowest BCUT2D eigenvalue weighted by Gasteiger charge is -2.26. The second kappa shape index (κ2) is 6.78. The molecule has 3 rings (SSSR count). The minimum atomic E-state index is -3.36. The molecule has 12 heteroatoms. The molecule has 26 heavy (non-hydrogen) atoms. The van der Waals surface area contributed by atoms with Gasteiger partial charge in [0.05, 0.1) is 17.0 Å². The largest absolute Gasteiger partial charge is 0.433 e. The van der Waals surface area contributed by atoms with E-state index in [-0.39, 0.29) is 12.3 Å². The molecule has 2 aromatic rings. The van der Waals surface area contributed by atoms with Gasteiger partial charge in [-0.2, -0.15) is 4.31 Å². The van der Waals surface area contributed by atoms with Gasteiger partial charge in [-0.05, 0) is 19.9 Å². The summed E-state index contributed by atoms with van der Waals surface area (Å²) in [6, 6.07) is 2.30. The summed E-state index contributed by atoms with van der Waals surface area (Å²) in [6.07, 6.45) is 0.458. The zero-order valence-electron chi connectivity index (χ0n) is 14.0. The van der Waals surface area contributed by atoms with E-state index >= 15 is 0 Å². The Balaban J connectivity index is 1.74. The number of anilines is 1. The smallest absolute Gasteiger partial charge is 0.395 e. The maximum Gasteiger partial charge on any atom is 0.433 e. The van der Waals surface area contributed by atoms with Gasteiger partial charge >= 0.3 is 5.88 Å². The summed E-state index contributed by atoms with van der Waals surface area (Å²) < 4.78 is 30.9. The Morgan fingerprint density at radius 2 is 2.19 bits per heavy atom. The quantitative estimate of drug-likeness (QED) is 0.599. The van der Waals surface area contributed by atoms with Crippen molar-refractivity contribution in [2.45, 2.75) is 32.1 Å². The van der Waals surface area contributed by atoms with Gasteiger partial charge in [-0.15, -0.1) is 11.3 Å². The average Bonchev–Trinajstić information content (AvgIpc) is 3.20. The number of nitrogens with zero attached hydrogens (tertiary/aromatic N) is 3. The highest BCUT2D eigenvalue weighted by molar-refractivity contribution is 7.89. The lowest BCUT2D eigenvalue weighted by Crippen LogP contribution is -2.39. The lowest BCUT2D eigenvalue weighted by atomic mass is 10.2. The topological polar surface area (TPSA) is 136 Å². The fourth-order valence-electron chi connectivity index (χ4n) is 2.45. The van der Waals surface area contributed by atoms with Crippen LogP contribution < -0.4 is 5.32 Å². The molecule has 10 nitrogen and oxygen atoms in total. The van der Waals surface area contributed by atoms with Gasteiger partial charge in [0.2, 0.25) is 10.0 Å². The first kappa shape index (κ1) is 18.5. The monoisotopic (exact) mass is 400 g/mol. The van der Waals surface area contributed by atoms with Crippen LogP contribution in [-0.2, 0) is 23.0 Å². The van der Waals surface area contributed by atoms with Gasteiger partial charge in [-0.25, -0.2) is 13.4 Å². The number of furan rings is 1. The molecule has 1 N–H and O–H groups in total. The maximum atomic E-state index is 12.3. The SMILES string of the molecule is CC(C)S(=O)(=O)N1CCc2nc(NC(=O)c3ccc([N+](=O)[O-])o3)sc2C1. The van der Waals surface area contributed by atoms with Crippen LogP contribution in [0.1, 0.15) is 35.0 Å². The summed E-state index contributed by atoms with van der Waals surface area (Å²) in [7, 11) is -3.36. The van der Waals surface area contributed by atoms with E-state index in [0.29, 0.717) is 18.1 Å². The van der Waals surface area contributed by atoms with E-state index in [0.717, 1.165) is 16.6 Å². The van der Waals surface area contributed by atoms with E-state index in [1.54, 1.807) is 13.8 Å². The number of fused-ring (bicyclic) bond motifs is 1. The van der Waals surface area contributed by atoms with Crippen molar-refractivity contribution in [3.63, 3.8) is 0 Å². The van der Waals surface area contributed by atoms with Crippen LogP contribution >= 0.6 is 11.3 Å². The Morgan fingerprint density at radius 1 is 1.46 bits per heavy atom. The minimum Gasteiger partial charge on any atom is -0.395 e. The van der Waals surface area contributed by atoms with Gasteiger partial charge in [0, 0.05) is 24.4 Å². The number of nitro groups is 1. The summed E-state index contributed by atoms with van der Waals surface area (Å²) in [6.45, 7) is 3.82. The van der Waals surface area contributed by atoms with E-state index < -0.39 is 32.0 Å². The predicted molar refractivity (Wildman–Crippen MR) is 93.6 cm³/mol. The number of thiazole rings is 1. The molecule has 0 spiro atoms. The molecule has 0 unspecified atom stereocenters. The van der Waals surface area contributed by atoms with Crippen molar-refractivity contribution in [3.05, 3.63) is 38.6 Å². The Kier molecular flexibility index (Phi) is 4.82. The van der Waals surface area contributed by atoms with Crippen molar-refractivity contribution < 1.29 is 22.6 Å². The van der Waals surface area contributed by atoms with E-state index in [2.05, 4.69) is 10.3 Å². The fourth-order valence-corrected chi connectivity index (χ4v) is 4.80. The normalized spacial score (nSPS) is 15.0. The summed E-state index contributed by atoms with van der Waals surface area (Å²) in [5, 5.41) is 12.9. The molecule has 3 heterocycles. The average molecular weight is 400 g/mol. The standard InChI is InChI=1S/C14H16N4O6S2/c1-8(2)26(22,23)17-6-5-9-11(7-17)25-14(15-9)16-13(19)10-3-4-12(24-10)18(20)21/h3-4,8H,5-7H2,1-2H3,(H,15,16,19). The molecule has 0 aliphatic carbocycles. The van der Waals surface area contributed by atoms with E-state index in [4.69, 9.17) is 4.42 Å². The van der Waals surface area contributed by atoms with Crippen LogP contribution in [0.2, 0.25) is 0 Å².